The lowest BCUT2D eigenvalue weighted by Crippen LogP contribution is -2.51. The highest BCUT2D eigenvalue weighted by molar-refractivity contribution is 14.1. The van der Waals surface area contributed by atoms with E-state index in [9.17, 15) is 9.90 Å². The SMILES string of the molecule is O=C(NCCO)C1=C[C@H](Oc2ccccc2I)[C@@H](O)[C@H](NCc2ccc(Cl)cc2)C1. The molecule has 3 rings (SSSR count). The number of aliphatic hydroxyl groups excluding tert-OH is 2. The minimum atomic E-state index is -0.845. The number of hydrogen-bond donors (Lipinski definition) is 4. The van der Waals surface area contributed by atoms with Crippen molar-refractivity contribution in [2.24, 2.45) is 0 Å². The standard InChI is InChI=1S/C22H24ClIN2O4/c23-16-7-5-14(6-8-16)13-26-18-11-15(22(29)25-9-10-27)12-20(21(18)28)30-19-4-2-1-3-17(19)24/h1-8,12,18,20-21,26-28H,9-11,13H2,(H,25,29)/t18-,20+,21+/m1/s1. The molecule has 1 aliphatic carbocycles. The second-order valence-corrected chi connectivity index (χ2v) is 8.59. The Kier molecular flexibility index (Phi) is 8.52. The lowest BCUT2D eigenvalue weighted by Gasteiger charge is -2.34. The molecule has 1 amide bonds. The quantitative estimate of drug-likeness (QED) is 0.385. The van der Waals surface area contributed by atoms with Crippen LogP contribution >= 0.6 is 34.2 Å². The van der Waals surface area contributed by atoms with E-state index in [1.165, 1.54) is 0 Å². The van der Waals surface area contributed by atoms with Crippen molar-refractivity contribution >= 4 is 40.1 Å². The van der Waals surface area contributed by atoms with Gasteiger partial charge in [0, 0.05) is 29.7 Å². The number of amides is 1. The molecule has 4 N–H and O–H groups in total. The molecule has 0 aliphatic heterocycles. The number of rotatable bonds is 8. The Morgan fingerprint density at radius 2 is 1.93 bits per heavy atom. The van der Waals surface area contributed by atoms with Crippen molar-refractivity contribution in [3.63, 3.8) is 0 Å². The number of hydrogen-bond acceptors (Lipinski definition) is 5. The van der Waals surface area contributed by atoms with Crippen molar-refractivity contribution < 1.29 is 19.7 Å². The summed E-state index contributed by atoms with van der Waals surface area (Å²) in [5.41, 5.74) is 1.53. The summed E-state index contributed by atoms with van der Waals surface area (Å²) in [6.07, 6.45) is 0.480. The monoisotopic (exact) mass is 542 g/mol. The molecule has 0 saturated heterocycles. The molecular formula is C22H24ClIN2O4. The first-order valence-electron chi connectivity index (χ1n) is 9.64. The van der Waals surface area contributed by atoms with E-state index in [1.807, 2.05) is 48.5 Å². The molecule has 0 unspecified atom stereocenters. The zero-order valence-corrected chi connectivity index (χ0v) is 19.1. The van der Waals surface area contributed by atoms with Gasteiger partial charge in [-0.1, -0.05) is 35.9 Å². The number of para-hydroxylation sites is 1. The lowest BCUT2D eigenvalue weighted by atomic mass is 9.89. The number of benzene rings is 2. The largest absolute Gasteiger partial charge is 0.482 e. The third-order valence-electron chi connectivity index (χ3n) is 4.82. The van der Waals surface area contributed by atoms with E-state index in [2.05, 4.69) is 33.2 Å². The fourth-order valence-corrected chi connectivity index (χ4v) is 3.88. The third kappa shape index (κ3) is 6.18. The van der Waals surface area contributed by atoms with Gasteiger partial charge in [-0.3, -0.25) is 4.79 Å². The maximum absolute atomic E-state index is 12.5. The summed E-state index contributed by atoms with van der Waals surface area (Å²) < 4.78 is 6.98. The first-order chi connectivity index (χ1) is 14.5. The molecule has 6 nitrogen and oxygen atoms in total. The Balaban J connectivity index is 1.77. The number of carbonyl (C=O) groups excluding carboxylic acids is 1. The van der Waals surface area contributed by atoms with Crippen LogP contribution in [0.4, 0.5) is 0 Å². The second kappa shape index (κ2) is 11.1. The van der Waals surface area contributed by atoms with Crippen molar-refractivity contribution in [3.8, 4) is 5.75 Å². The van der Waals surface area contributed by atoms with Gasteiger partial charge >= 0.3 is 0 Å². The molecule has 3 atom stereocenters. The molecule has 160 valence electrons. The van der Waals surface area contributed by atoms with Crippen LogP contribution in [0.25, 0.3) is 0 Å². The fourth-order valence-electron chi connectivity index (χ4n) is 3.24. The number of nitrogens with one attached hydrogen (secondary N) is 2. The zero-order valence-electron chi connectivity index (χ0n) is 16.2. The van der Waals surface area contributed by atoms with E-state index in [-0.39, 0.29) is 25.1 Å². The molecule has 0 bridgehead atoms. The van der Waals surface area contributed by atoms with Gasteiger partial charge in [0.1, 0.15) is 18.0 Å². The fraction of sp³-hybridized carbons (Fsp3) is 0.318. The summed E-state index contributed by atoms with van der Waals surface area (Å²) in [6, 6.07) is 14.6. The smallest absolute Gasteiger partial charge is 0.247 e. The second-order valence-electron chi connectivity index (χ2n) is 6.99. The first kappa shape index (κ1) is 23.0. The Hall–Kier alpha value is -1.65. The van der Waals surface area contributed by atoms with Crippen LogP contribution in [0.2, 0.25) is 5.02 Å². The molecule has 2 aromatic carbocycles. The van der Waals surface area contributed by atoms with Gasteiger partial charge in [0.2, 0.25) is 5.91 Å². The zero-order chi connectivity index (χ0) is 21.5. The summed E-state index contributed by atoms with van der Waals surface area (Å²) in [4.78, 5) is 12.5. The van der Waals surface area contributed by atoms with E-state index in [4.69, 9.17) is 21.4 Å². The average Bonchev–Trinajstić information content (AvgIpc) is 2.75. The first-order valence-corrected chi connectivity index (χ1v) is 11.1. The third-order valence-corrected chi connectivity index (χ3v) is 5.97. The van der Waals surface area contributed by atoms with E-state index in [1.54, 1.807) is 6.08 Å². The highest BCUT2D eigenvalue weighted by atomic mass is 127. The van der Waals surface area contributed by atoms with E-state index < -0.39 is 12.2 Å². The van der Waals surface area contributed by atoms with E-state index in [0.29, 0.717) is 29.3 Å². The predicted molar refractivity (Wildman–Crippen MR) is 124 cm³/mol. The Morgan fingerprint density at radius 1 is 1.20 bits per heavy atom. The molecule has 0 radical (unpaired) electrons. The Morgan fingerprint density at radius 3 is 2.63 bits per heavy atom. The van der Waals surface area contributed by atoms with E-state index >= 15 is 0 Å². The van der Waals surface area contributed by atoms with Crippen LogP contribution in [0.5, 0.6) is 5.75 Å². The highest BCUT2D eigenvalue weighted by Gasteiger charge is 2.35. The summed E-state index contributed by atoms with van der Waals surface area (Å²) in [5, 5.41) is 26.6. The minimum Gasteiger partial charge on any atom is -0.482 e. The average molecular weight is 543 g/mol. The molecule has 0 spiro atoms. The van der Waals surface area contributed by atoms with Crippen LogP contribution in [0, 0.1) is 3.57 Å². The van der Waals surface area contributed by atoms with Gasteiger partial charge in [0.15, 0.2) is 0 Å². The Labute approximate surface area is 194 Å². The van der Waals surface area contributed by atoms with Gasteiger partial charge in [-0.25, -0.2) is 0 Å². The van der Waals surface area contributed by atoms with E-state index in [0.717, 1.165) is 9.13 Å². The van der Waals surface area contributed by atoms with Crippen LogP contribution in [0.3, 0.4) is 0 Å². The van der Waals surface area contributed by atoms with Crippen LogP contribution in [-0.4, -0.2) is 47.5 Å². The summed E-state index contributed by atoms with van der Waals surface area (Å²) in [5.74, 6) is 0.373. The molecule has 1 aliphatic rings. The van der Waals surface area contributed by atoms with Crippen LogP contribution < -0.4 is 15.4 Å². The molecule has 2 aromatic rings. The number of halogens is 2. The van der Waals surface area contributed by atoms with Crippen molar-refractivity contribution in [3.05, 3.63) is 74.3 Å². The van der Waals surface area contributed by atoms with Crippen molar-refractivity contribution in [2.45, 2.75) is 31.2 Å². The van der Waals surface area contributed by atoms with Crippen LogP contribution in [-0.2, 0) is 11.3 Å². The highest BCUT2D eigenvalue weighted by Crippen LogP contribution is 2.27. The van der Waals surface area contributed by atoms with Crippen molar-refractivity contribution in [1.82, 2.24) is 10.6 Å². The molecule has 0 fully saturated rings. The normalized spacial score (nSPS) is 21.1. The molecule has 30 heavy (non-hydrogen) atoms. The summed E-state index contributed by atoms with van der Waals surface area (Å²) >= 11 is 8.11. The summed E-state index contributed by atoms with van der Waals surface area (Å²) in [7, 11) is 0. The van der Waals surface area contributed by atoms with Gasteiger partial charge in [0.25, 0.3) is 0 Å². The molecular weight excluding hydrogens is 519 g/mol. The predicted octanol–water partition coefficient (Wildman–Crippen LogP) is 2.65. The molecule has 0 aromatic heterocycles. The number of aliphatic hydroxyl groups is 2. The van der Waals surface area contributed by atoms with Crippen LogP contribution in [0.15, 0.2) is 60.2 Å². The minimum absolute atomic E-state index is 0.137. The number of ether oxygens (including phenoxy) is 1. The topological polar surface area (TPSA) is 90.8 Å². The molecule has 0 heterocycles. The molecule has 0 saturated carbocycles. The van der Waals surface area contributed by atoms with Crippen molar-refractivity contribution in [1.29, 1.82) is 0 Å². The number of carbonyl (C=O) groups is 1. The van der Waals surface area contributed by atoms with Gasteiger partial charge in [-0.15, -0.1) is 0 Å². The summed E-state index contributed by atoms with van der Waals surface area (Å²) in [6.45, 7) is 0.547. The van der Waals surface area contributed by atoms with Gasteiger partial charge in [-0.2, -0.15) is 0 Å². The Bertz CT molecular complexity index is 891. The maximum atomic E-state index is 12.5. The lowest BCUT2D eigenvalue weighted by molar-refractivity contribution is -0.118. The van der Waals surface area contributed by atoms with Crippen molar-refractivity contribution in [2.75, 3.05) is 13.2 Å². The van der Waals surface area contributed by atoms with Crippen LogP contribution in [0.1, 0.15) is 12.0 Å². The molecule has 8 heteroatoms. The van der Waals surface area contributed by atoms with Gasteiger partial charge < -0.3 is 25.6 Å². The van der Waals surface area contributed by atoms with Gasteiger partial charge in [0.05, 0.1) is 10.2 Å². The van der Waals surface area contributed by atoms with Gasteiger partial charge in [-0.05, 0) is 64.9 Å². The maximum Gasteiger partial charge on any atom is 0.247 e.